The zero-order valence-corrected chi connectivity index (χ0v) is 14.7. The second kappa shape index (κ2) is 7.27. The summed E-state index contributed by atoms with van der Waals surface area (Å²) in [6, 6.07) is 6.80. The van der Waals surface area contributed by atoms with Gasteiger partial charge in [0.2, 0.25) is 11.8 Å². The van der Waals surface area contributed by atoms with Gasteiger partial charge in [-0.1, -0.05) is 13.0 Å². The van der Waals surface area contributed by atoms with Crippen LogP contribution >= 0.6 is 0 Å². The molecule has 0 radical (unpaired) electrons. The molecule has 6 nitrogen and oxygen atoms in total. The summed E-state index contributed by atoms with van der Waals surface area (Å²) < 4.78 is 2.14. The van der Waals surface area contributed by atoms with E-state index in [0.29, 0.717) is 5.69 Å². The molecule has 1 fully saturated rings. The van der Waals surface area contributed by atoms with Crippen molar-refractivity contribution in [1.29, 1.82) is 0 Å². The minimum atomic E-state index is -0.963. The number of aromatic nitrogens is 1. The fraction of sp³-hybridized carbons (Fsp3) is 0.474. The molecule has 1 aromatic carbocycles. The lowest BCUT2D eigenvalue weighted by atomic mass is 10.1. The SMILES string of the molecule is CCCn1ccc2ccc(NC(=O)C(NC(=O)C3CC3)C(C)O)cc21. The molecule has 1 saturated carbocycles. The van der Waals surface area contributed by atoms with Crippen LogP contribution in [0.15, 0.2) is 30.5 Å². The fourth-order valence-corrected chi connectivity index (χ4v) is 2.94. The number of rotatable bonds is 7. The second-order valence-electron chi connectivity index (χ2n) is 6.77. The van der Waals surface area contributed by atoms with E-state index in [9.17, 15) is 14.7 Å². The molecular weight excluding hydrogens is 318 g/mol. The highest BCUT2D eigenvalue weighted by molar-refractivity contribution is 5.99. The number of carbonyl (C=O) groups excluding carboxylic acids is 2. The van der Waals surface area contributed by atoms with Crippen molar-refractivity contribution in [3.63, 3.8) is 0 Å². The number of fused-ring (bicyclic) bond motifs is 1. The summed E-state index contributed by atoms with van der Waals surface area (Å²) in [4.78, 5) is 24.5. The summed E-state index contributed by atoms with van der Waals surface area (Å²) >= 11 is 0. The number of hydrogen-bond donors (Lipinski definition) is 3. The molecule has 1 aliphatic rings. The van der Waals surface area contributed by atoms with Gasteiger partial charge in [0.15, 0.2) is 0 Å². The van der Waals surface area contributed by atoms with Crippen molar-refractivity contribution < 1.29 is 14.7 Å². The zero-order chi connectivity index (χ0) is 18.0. The molecule has 2 atom stereocenters. The number of hydrogen-bond acceptors (Lipinski definition) is 3. The average Bonchev–Trinajstić information content (AvgIpc) is 3.35. The Balaban J connectivity index is 1.74. The predicted molar refractivity (Wildman–Crippen MR) is 97.2 cm³/mol. The van der Waals surface area contributed by atoms with Gasteiger partial charge >= 0.3 is 0 Å². The number of amides is 2. The van der Waals surface area contributed by atoms with E-state index in [2.05, 4.69) is 22.1 Å². The van der Waals surface area contributed by atoms with Crippen LogP contribution in [-0.4, -0.2) is 33.6 Å². The molecule has 3 rings (SSSR count). The molecule has 1 aromatic heterocycles. The molecule has 134 valence electrons. The lowest BCUT2D eigenvalue weighted by Crippen LogP contribution is -2.50. The van der Waals surface area contributed by atoms with Crippen molar-refractivity contribution in [3.05, 3.63) is 30.5 Å². The number of nitrogens with one attached hydrogen (secondary N) is 2. The molecule has 0 saturated heterocycles. The summed E-state index contributed by atoms with van der Waals surface area (Å²) in [5, 5.41) is 16.5. The summed E-state index contributed by atoms with van der Waals surface area (Å²) in [5.41, 5.74) is 1.70. The van der Waals surface area contributed by atoms with Crippen molar-refractivity contribution in [2.45, 2.75) is 51.8 Å². The van der Waals surface area contributed by atoms with Gasteiger partial charge in [-0.25, -0.2) is 0 Å². The normalized spacial score (nSPS) is 16.4. The van der Waals surface area contributed by atoms with Crippen LogP contribution in [-0.2, 0) is 16.1 Å². The van der Waals surface area contributed by atoms with Gasteiger partial charge in [-0.15, -0.1) is 0 Å². The minimum absolute atomic E-state index is 0.0114. The molecule has 1 heterocycles. The van der Waals surface area contributed by atoms with Gasteiger partial charge in [0.05, 0.1) is 11.6 Å². The quantitative estimate of drug-likeness (QED) is 0.721. The lowest BCUT2D eigenvalue weighted by Gasteiger charge is -2.21. The summed E-state index contributed by atoms with van der Waals surface area (Å²) in [7, 11) is 0. The first-order valence-electron chi connectivity index (χ1n) is 8.87. The van der Waals surface area contributed by atoms with Crippen LogP contribution in [0.4, 0.5) is 5.69 Å². The number of benzene rings is 1. The Morgan fingerprint density at radius 2 is 2.08 bits per heavy atom. The van der Waals surface area contributed by atoms with Gasteiger partial charge in [0.25, 0.3) is 0 Å². The van der Waals surface area contributed by atoms with Crippen LogP contribution in [0.1, 0.15) is 33.1 Å². The first-order chi connectivity index (χ1) is 12.0. The van der Waals surface area contributed by atoms with E-state index in [1.807, 2.05) is 30.5 Å². The van der Waals surface area contributed by atoms with E-state index in [-0.39, 0.29) is 11.8 Å². The van der Waals surface area contributed by atoms with Gasteiger partial charge in [0.1, 0.15) is 6.04 Å². The van der Waals surface area contributed by atoms with Gasteiger partial charge in [-0.2, -0.15) is 0 Å². The third-order valence-corrected chi connectivity index (χ3v) is 4.52. The van der Waals surface area contributed by atoms with E-state index in [1.54, 1.807) is 0 Å². The summed E-state index contributed by atoms with van der Waals surface area (Å²) in [6.07, 6.45) is 3.80. The molecule has 2 unspecified atom stereocenters. The number of anilines is 1. The van der Waals surface area contributed by atoms with E-state index < -0.39 is 18.1 Å². The van der Waals surface area contributed by atoms with Gasteiger partial charge in [0, 0.05) is 24.3 Å². The van der Waals surface area contributed by atoms with Crippen LogP contribution < -0.4 is 10.6 Å². The Hall–Kier alpha value is -2.34. The van der Waals surface area contributed by atoms with Gasteiger partial charge < -0.3 is 20.3 Å². The zero-order valence-electron chi connectivity index (χ0n) is 14.7. The van der Waals surface area contributed by atoms with Gasteiger partial charge in [-0.05, 0) is 49.8 Å². The average molecular weight is 343 g/mol. The number of carbonyl (C=O) groups is 2. The molecule has 0 bridgehead atoms. The maximum absolute atomic E-state index is 12.5. The standard InChI is InChI=1S/C19H25N3O3/c1-3-9-22-10-8-13-6-7-15(11-16(13)22)20-19(25)17(12(2)23)21-18(24)14-4-5-14/h6-8,10-12,14,17,23H,3-5,9H2,1-2H3,(H,20,25)(H,21,24). The first-order valence-corrected chi connectivity index (χ1v) is 8.87. The first kappa shape index (κ1) is 17.5. The van der Waals surface area contributed by atoms with Crippen LogP contribution in [0.5, 0.6) is 0 Å². The predicted octanol–water partition coefficient (Wildman–Crippen LogP) is 2.27. The van der Waals surface area contributed by atoms with Crippen LogP contribution in [0.2, 0.25) is 0 Å². The molecule has 0 aliphatic heterocycles. The lowest BCUT2D eigenvalue weighted by molar-refractivity contribution is -0.129. The number of nitrogens with zero attached hydrogens (tertiary/aromatic N) is 1. The highest BCUT2D eigenvalue weighted by atomic mass is 16.3. The number of aliphatic hydroxyl groups is 1. The number of aliphatic hydroxyl groups excluding tert-OH is 1. The monoisotopic (exact) mass is 343 g/mol. The largest absolute Gasteiger partial charge is 0.391 e. The van der Waals surface area contributed by atoms with Crippen LogP contribution in [0, 0.1) is 5.92 Å². The third kappa shape index (κ3) is 4.02. The molecule has 2 aromatic rings. The third-order valence-electron chi connectivity index (χ3n) is 4.52. The molecule has 3 N–H and O–H groups in total. The highest BCUT2D eigenvalue weighted by Gasteiger charge is 2.34. The molecule has 2 amide bonds. The van der Waals surface area contributed by atoms with Crippen molar-refractivity contribution >= 4 is 28.4 Å². The Bertz CT molecular complexity index is 777. The van der Waals surface area contributed by atoms with E-state index >= 15 is 0 Å². The van der Waals surface area contributed by atoms with Crippen LogP contribution in [0.3, 0.4) is 0 Å². The molecule has 1 aliphatic carbocycles. The number of aryl methyl sites for hydroxylation is 1. The Morgan fingerprint density at radius 3 is 2.72 bits per heavy atom. The van der Waals surface area contributed by atoms with E-state index in [0.717, 1.165) is 36.7 Å². The van der Waals surface area contributed by atoms with Crippen LogP contribution in [0.25, 0.3) is 10.9 Å². The smallest absolute Gasteiger partial charge is 0.249 e. The minimum Gasteiger partial charge on any atom is -0.391 e. The summed E-state index contributed by atoms with van der Waals surface area (Å²) in [6.45, 7) is 4.54. The maximum Gasteiger partial charge on any atom is 0.249 e. The van der Waals surface area contributed by atoms with Crippen molar-refractivity contribution in [3.8, 4) is 0 Å². The molecular formula is C19H25N3O3. The van der Waals surface area contributed by atoms with Crippen molar-refractivity contribution in [1.82, 2.24) is 9.88 Å². The van der Waals surface area contributed by atoms with Gasteiger partial charge in [-0.3, -0.25) is 9.59 Å². The van der Waals surface area contributed by atoms with E-state index in [4.69, 9.17) is 0 Å². The van der Waals surface area contributed by atoms with E-state index in [1.165, 1.54) is 6.92 Å². The molecule has 0 spiro atoms. The summed E-state index contributed by atoms with van der Waals surface area (Å²) in [5.74, 6) is -0.576. The molecule has 25 heavy (non-hydrogen) atoms. The fourth-order valence-electron chi connectivity index (χ4n) is 2.94. The Labute approximate surface area is 147 Å². The Kier molecular flexibility index (Phi) is 5.08. The highest BCUT2D eigenvalue weighted by Crippen LogP contribution is 2.29. The topological polar surface area (TPSA) is 83.4 Å². The van der Waals surface area contributed by atoms with Crippen molar-refractivity contribution in [2.75, 3.05) is 5.32 Å². The molecule has 6 heteroatoms. The maximum atomic E-state index is 12.5. The van der Waals surface area contributed by atoms with Crippen molar-refractivity contribution in [2.24, 2.45) is 5.92 Å². The second-order valence-corrected chi connectivity index (χ2v) is 6.77. The Morgan fingerprint density at radius 1 is 1.32 bits per heavy atom.